The predicted octanol–water partition coefficient (Wildman–Crippen LogP) is 2.09. The van der Waals surface area contributed by atoms with Crippen molar-refractivity contribution in [3.63, 3.8) is 0 Å². The van der Waals surface area contributed by atoms with Crippen LogP contribution in [0.3, 0.4) is 0 Å². The van der Waals surface area contributed by atoms with E-state index in [4.69, 9.17) is 10.00 Å². The zero-order valence-electron chi connectivity index (χ0n) is 17.3. The van der Waals surface area contributed by atoms with E-state index in [0.717, 1.165) is 64.2 Å². The molecule has 1 amide bonds. The van der Waals surface area contributed by atoms with Gasteiger partial charge in [0.15, 0.2) is 0 Å². The van der Waals surface area contributed by atoms with Crippen LogP contribution in [0.15, 0.2) is 24.3 Å². The highest BCUT2D eigenvalue weighted by atomic mass is 16.5. The first-order valence-electron chi connectivity index (χ1n) is 11.0. The quantitative estimate of drug-likeness (QED) is 0.780. The van der Waals surface area contributed by atoms with E-state index < -0.39 is 0 Å². The molecule has 29 heavy (non-hydrogen) atoms. The number of ether oxygens (including phenoxy) is 1. The number of hydrogen-bond donors (Lipinski definition) is 0. The van der Waals surface area contributed by atoms with Crippen molar-refractivity contribution in [1.29, 1.82) is 5.26 Å². The fourth-order valence-electron chi connectivity index (χ4n) is 4.97. The second-order valence-electron chi connectivity index (χ2n) is 8.59. The number of morpholine rings is 1. The number of likely N-dealkylation sites (tertiary alicyclic amines) is 2. The summed E-state index contributed by atoms with van der Waals surface area (Å²) < 4.78 is 5.39. The number of amides is 1. The monoisotopic (exact) mass is 396 g/mol. The van der Waals surface area contributed by atoms with Crippen molar-refractivity contribution >= 4 is 5.91 Å². The molecule has 0 bridgehead atoms. The third-order valence-corrected chi connectivity index (χ3v) is 6.69. The second-order valence-corrected chi connectivity index (χ2v) is 8.59. The molecule has 1 aromatic carbocycles. The Morgan fingerprint density at radius 1 is 1.03 bits per heavy atom. The Kier molecular flexibility index (Phi) is 6.81. The number of nitriles is 1. The molecule has 0 saturated carbocycles. The summed E-state index contributed by atoms with van der Waals surface area (Å²) in [5.41, 5.74) is 2.00. The maximum Gasteiger partial charge on any atom is 0.227 e. The van der Waals surface area contributed by atoms with Crippen molar-refractivity contribution in [3.05, 3.63) is 35.4 Å². The van der Waals surface area contributed by atoms with Crippen molar-refractivity contribution in [2.24, 2.45) is 5.92 Å². The maximum absolute atomic E-state index is 12.9. The Bertz CT molecular complexity index is 715. The molecule has 0 N–H and O–H groups in total. The minimum Gasteiger partial charge on any atom is -0.378 e. The molecule has 3 heterocycles. The molecule has 1 aromatic rings. The van der Waals surface area contributed by atoms with Gasteiger partial charge in [-0.05, 0) is 63.0 Å². The van der Waals surface area contributed by atoms with Gasteiger partial charge in [-0.1, -0.05) is 12.1 Å². The molecule has 3 aliphatic heterocycles. The van der Waals surface area contributed by atoms with Gasteiger partial charge < -0.3 is 9.64 Å². The van der Waals surface area contributed by atoms with E-state index in [1.807, 2.05) is 17.0 Å². The normalized spacial score (nSPS) is 24.9. The third kappa shape index (κ3) is 5.16. The molecule has 0 spiro atoms. The van der Waals surface area contributed by atoms with E-state index in [1.54, 1.807) is 0 Å². The molecule has 0 aromatic heterocycles. The summed E-state index contributed by atoms with van der Waals surface area (Å²) in [4.78, 5) is 20.0. The summed E-state index contributed by atoms with van der Waals surface area (Å²) in [6.07, 6.45) is 4.51. The van der Waals surface area contributed by atoms with E-state index in [-0.39, 0.29) is 5.92 Å². The van der Waals surface area contributed by atoms with Gasteiger partial charge in [-0.2, -0.15) is 5.26 Å². The summed E-state index contributed by atoms with van der Waals surface area (Å²) in [5, 5.41) is 8.94. The Morgan fingerprint density at radius 2 is 1.76 bits per heavy atom. The van der Waals surface area contributed by atoms with Gasteiger partial charge in [0.05, 0.1) is 30.8 Å². The number of rotatable bonds is 4. The van der Waals surface area contributed by atoms with Gasteiger partial charge >= 0.3 is 0 Å². The molecule has 6 nitrogen and oxygen atoms in total. The van der Waals surface area contributed by atoms with Crippen molar-refractivity contribution in [1.82, 2.24) is 14.7 Å². The Hall–Kier alpha value is -1.94. The predicted molar refractivity (Wildman–Crippen MR) is 111 cm³/mol. The minimum absolute atomic E-state index is 0.165. The number of benzene rings is 1. The van der Waals surface area contributed by atoms with Gasteiger partial charge in [0.25, 0.3) is 0 Å². The van der Waals surface area contributed by atoms with Crippen molar-refractivity contribution in [3.8, 4) is 6.07 Å². The highest BCUT2D eigenvalue weighted by Gasteiger charge is 2.33. The van der Waals surface area contributed by atoms with Gasteiger partial charge in [0, 0.05) is 32.2 Å². The van der Waals surface area contributed by atoms with Gasteiger partial charge in [0.2, 0.25) is 5.91 Å². The van der Waals surface area contributed by atoms with E-state index in [1.165, 1.54) is 18.4 Å². The second kappa shape index (κ2) is 9.71. The smallest absolute Gasteiger partial charge is 0.227 e. The Labute approximate surface area is 174 Å². The molecule has 156 valence electrons. The molecule has 0 unspecified atom stereocenters. The number of piperidine rings is 2. The third-order valence-electron chi connectivity index (χ3n) is 6.69. The van der Waals surface area contributed by atoms with Crippen LogP contribution in [0.4, 0.5) is 0 Å². The zero-order chi connectivity index (χ0) is 20.1. The van der Waals surface area contributed by atoms with Crippen LogP contribution >= 0.6 is 0 Å². The minimum atomic E-state index is 0.165. The van der Waals surface area contributed by atoms with Gasteiger partial charge in [-0.25, -0.2) is 0 Å². The Morgan fingerprint density at radius 3 is 2.45 bits per heavy atom. The van der Waals surface area contributed by atoms with E-state index >= 15 is 0 Å². The lowest BCUT2D eigenvalue weighted by Crippen LogP contribution is -2.52. The van der Waals surface area contributed by atoms with Crippen LogP contribution in [0.25, 0.3) is 0 Å². The molecule has 4 rings (SSSR count). The van der Waals surface area contributed by atoms with E-state index in [2.05, 4.69) is 28.0 Å². The van der Waals surface area contributed by atoms with Gasteiger partial charge in [-0.15, -0.1) is 0 Å². The summed E-state index contributed by atoms with van der Waals surface area (Å²) >= 11 is 0. The van der Waals surface area contributed by atoms with Crippen LogP contribution in [-0.4, -0.2) is 79.1 Å². The standard InChI is InChI=1S/C23H32N4O2/c24-16-19-3-5-20(6-4-19)17-25-10-7-22(8-11-25)27-9-1-2-21(18-27)23(28)26-12-14-29-15-13-26/h3-6,21-22H,1-2,7-15,17-18H2/t21-/m0/s1. The van der Waals surface area contributed by atoms with Crippen LogP contribution in [-0.2, 0) is 16.1 Å². The largest absolute Gasteiger partial charge is 0.378 e. The topological polar surface area (TPSA) is 59.8 Å². The number of carbonyl (C=O) groups is 1. The zero-order valence-corrected chi connectivity index (χ0v) is 17.3. The van der Waals surface area contributed by atoms with Crippen LogP contribution < -0.4 is 0 Å². The molecule has 0 aliphatic carbocycles. The fraction of sp³-hybridized carbons (Fsp3) is 0.652. The number of hydrogen-bond acceptors (Lipinski definition) is 5. The molecule has 3 saturated heterocycles. The molecular formula is C23H32N4O2. The average molecular weight is 397 g/mol. The Balaban J connectivity index is 1.25. The summed E-state index contributed by atoms with van der Waals surface area (Å²) in [6, 6.07) is 10.7. The lowest BCUT2D eigenvalue weighted by atomic mass is 9.92. The van der Waals surface area contributed by atoms with Crippen molar-refractivity contribution < 1.29 is 9.53 Å². The number of nitrogens with zero attached hydrogens (tertiary/aromatic N) is 4. The first-order valence-corrected chi connectivity index (χ1v) is 11.0. The highest BCUT2D eigenvalue weighted by molar-refractivity contribution is 5.79. The van der Waals surface area contributed by atoms with Crippen molar-refractivity contribution in [2.75, 3.05) is 52.5 Å². The van der Waals surface area contributed by atoms with Gasteiger partial charge in [-0.3, -0.25) is 14.6 Å². The average Bonchev–Trinajstić information content (AvgIpc) is 2.80. The van der Waals surface area contributed by atoms with Gasteiger partial charge in [0.1, 0.15) is 0 Å². The molecule has 1 atom stereocenters. The SMILES string of the molecule is N#Cc1ccc(CN2CCC(N3CCC[C@H](C(=O)N4CCOCC4)C3)CC2)cc1. The molecule has 3 aliphatic rings. The maximum atomic E-state index is 12.9. The first kappa shape index (κ1) is 20.3. The first-order chi connectivity index (χ1) is 14.2. The number of carbonyl (C=O) groups excluding carboxylic acids is 1. The summed E-state index contributed by atoms with van der Waals surface area (Å²) in [6.45, 7) is 8.08. The van der Waals surface area contributed by atoms with E-state index in [9.17, 15) is 4.79 Å². The summed E-state index contributed by atoms with van der Waals surface area (Å²) in [7, 11) is 0. The van der Waals surface area contributed by atoms with Crippen LogP contribution in [0.1, 0.15) is 36.8 Å². The lowest BCUT2D eigenvalue weighted by molar-refractivity contribution is -0.142. The molecular weight excluding hydrogens is 364 g/mol. The molecule has 6 heteroatoms. The fourth-order valence-corrected chi connectivity index (χ4v) is 4.97. The highest BCUT2D eigenvalue weighted by Crippen LogP contribution is 2.26. The van der Waals surface area contributed by atoms with Crippen molar-refractivity contribution in [2.45, 2.75) is 38.3 Å². The van der Waals surface area contributed by atoms with Crippen LogP contribution in [0.5, 0.6) is 0 Å². The molecule has 0 radical (unpaired) electrons. The lowest BCUT2D eigenvalue weighted by Gasteiger charge is -2.43. The van der Waals surface area contributed by atoms with Crippen LogP contribution in [0.2, 0.25) is 0 Å². The summed E-state index contributed by atoms with van der Waals surface area (Å²) in [5.74, 6) is 0.509. The van der Waals surface area contributed by atoms with E-state index in [0.29, 0.717) is 25.2 Å². The molecule has 3 fully saturated rings. The van der Waals surface area contributed by atoms with Crippen LogP contribution in [0, 0.1) is 17.2 Å².